The third kappa shape index (κ3) is 6.07. The van der Waals surface area contributed by atoms with Crippen molar-refractivity contribution in [1.82, 2.24) is 5.32 Å². The van der Waals surface area contributed by atoms with Gasteiger partial charge in [-0.1, -0.05) is 26.7 Å². The fraction of sp³-hybridized carbons (Fsp3) is 1.00. The Morgan fingerprint density at radius 3 is 2.75 bits per heavy atom. The van der Waals surface area contributed by atoms with Crippen molar-refractivity contribution in [3.05, 3.63) is 0 Å². The average Bonchev–Trinajstić information content (AvgIpc) is 2.25. The second-order valence-electron chi connectivity index (χ2n) is 5.23. The Balaban J connectivity index is 1.94. The maximum absolute atomic E-state index is 6.29. The lowest BCUT2D eigenvalue weighted by Gasteiger charge is -2.27. The minimum Gasteiger partial charge on any atom is -0.380 e. The van der Waals surface area contributed by atoms with Gasteiger partial charge >= 0.3 is 0 Å². The zero-order valence-corrected chi connectivity index (χ0v) is 11.4. The molecule has 1 N–H and O–H groups in total. The molecule has 0 aromatic carbocycles. The summed E-state index contributed by atoms with van der Waals surface area (Å²) in [4.78, 5) is 0. The molecule has 2 nitrogen and oxygen atoms in total. The van der Waals surface area contributed by atoms with E-state index in [1.54, 1.807) is 0 Å². The van der Waals surface area contributed by atoms with E-state index in [1.165, 1.54) is 25.7 Å². The third-order valence-electron chi connectivity index (χ3n) is 3.10. The predicted octanol–water partition coefficient (Wildman–Crippen LogP) is 3.05. The van der Waals surface area contributed by atoms with Crippen molar-refractivity contribution in [2.45, 2.75) is 44.9 Å². The third-order valence-corrected chi connectivity index (χ3v) is 3.67. The molecule has 0 amide bonds. The minimum absolute atomic E-state index is 0.387. The Kier molecular flexibility index (Phi) is 7.42. The first kappa shape index (κ1) is 14.3. The summed E-state index contributed by atoms with van der Waals surface area (Å²) in [6.45, 7) is 8.04. The molecule has 3 heteroatoms. The highest BCUT2D eigenvalue weighted by Crippen LogP contribution is 2.27. The fourth-order valence-electron chi connectivity index (χ4n) is 2.14. The number of alkyl halides is 1. The molecule has 96 valence electrons. The quantitative estimate of drug-likeness (QED) is 0.552. The van der Waals surface area contributed by atoms with Crippen LogP contribution in [0.15, 0.2) is 0 Å². The van der Waals surface area contributed by atoms with Crippen LogP contribution < -0.4 is 5.32 Å². The van der Waals surface area contributed by atoms with E-state index in [1.807, 2.05) is 0 Å². The molecule has 2 unspecified atom stereocenters. The van der Waals surface area contributed by atoms with E-state index in [2.05, 4.69) is 19.2 Å². The summed E-state index contributed by atoms with van der Waals surface area (Å²) in [5.41, 5.74) is 0. The van der Waals surface area contributed by atoms with Gasteiger partial charge in [0.2, 0.25) is 0 Å². The van der Waals surface area contributed by atoms with Gasteiger partial charge in [0.15, 0.2) is 0 Å². The van der Waals surface area contributed by atoms with E-state index in [4.69, 9.17) is 16.3 Å². The van der Waals surface area contributed by atoms with Crippen molar-refractivity contribution in [3.8, 4) is 0 Å². The number of nitrogens with one attached hydrogen (secondary N) is 1. The monoisotopic (exact) mass is 247 g/mol. The molecule has 1 aliphatic rings. The zero-order chi connectivity index (χ0) is 11.8. The van der Waals surface area contributed by atoms with E-state index in [9.17, 15) is 0 Å². The lowest BCUT2D eigenvalue weighted by atomic mass is 9.89. The molecule has 1 saturated carbocycles. The summed E-state index contributed by atoms with van der Waals surface area (Å²) in [6.07, 6.45) is 5.13. The Bertz CT molecular complexity index is 175. The number of hydrogen-bond acceptors (Lipinski definition) is 2. The largest absolute Gasteiger partial charge is 0.380 e. The molecule has 16 heavy (non-hydrogen) atoms. The molecule has 0 bridgehead atoms. The molecule has 1 rings (SSSR count). The fourth-order valence-corrected chi connectivity index (χ4v) is 2.51. The van der Waals surface area contributed by atoms with Crippen LogP contribution in [0.1, 0.15) is 39.5 Å². The standard InChI is InChI=1S/C13H26ClNO/c1-11(2)10-16-8-7-15-9-12-5-3-4-6-13(12)14/h11-13,15H,3-10H2,1-2H3. The van der Waals surface area contributed by atoms with Crippen LogP contribution in [0.2, 0.25) is 0 Å². The maximum atomic E-state index is 6.29. The van der Waals surface area contributed by atoms with Crippen LogP contribution in [0, 0.1) is 11.8 Å². The first-order chi connectivity index (χ1) is 7.70. The van der Waals surface area contributed by atoms with Gasteiger partial charge in [0.05, 0.1) is 6.61 Å². The molecule has 0 radical (unpaired) electrons. The van der Waals surface area contributed by atoms with Crippen molar-refractivity contribution in [3.63, 3.8) is 0 Å². The topological polar surface area (TPSA) is 21.3 Å². The molecule has 0 saturated heterocycles. The number of hydrogen-bond donors (Lipinski definition) is 1. The van der Waals surface area contributed by atoms with Gasteiger partial charge in [-0.3, -0.25) is 0 Å². The van der Waals surface area contributed by atoms with Gasteiger partial charge in [0.25, 0.3) is 0 Å². The Morgan fingerprint density at radius 1 is 1.31 bits per heavy atom. The first-order valence-corrected chi connectivity index (χ1v) is 7.06. The summed E-state index contributed by atoms with van der Waals surface area (Å²) >= 11 is 6.29. The van der Waals surface area contributed by atoms with Gasteiger partial charge in [0.1, 0.15) is 0 Å². The van der Waals surface area contributed by atoms with E-state index < -0.39 is 0 Å². The molecule has 0 spiro atoms. The summed E-state index contributed by atoms with van der Waals surface area (Å²) in [5.74, 6) is 1.30. The van der Waals surface area contributed by atoms with Gasteiger partial charge in [0, 0.05) is 18.5 Å². The van der Waals surface area contributed by atoms with Gasteiger partial charge in [-0.25, -0.2) is 0 Å². The van der Waals surface area contributed by atoms with Crippen molar-refractivity contribution in [1.29, 1.82) is 0 Å². The molecule has 0 aromatic heterocycles. The molecule has 1 aliphatic carbocycles. The molecular formula is C13H26ClNO. The van der Waals surface area contributed by atoms with Crippen LogP contribution >= 0.6 is 11.6 Å². The Morgan fingerprint density at radius 2 is 2.06 bits per heavy atom. The van der Waals surface area contributed by atoms with Crippen LogP contribution in [-0.4, -0.2) is 31.7 Å². The SMILES string of the molecule is CC(C)COCCNCC1CCCCC1Cl. The zero-order valence-electron chi connectivity index (χ0n) is 10.7. The smallest absolute Gasteiger partial charge is 0.0591 e. The van der Waals surface area contributed by atoms with E-state index in [0.29, 0.717) is 17.2 Å². The summed E-state index contributed by atoms with van der Waals surface area (Å²) < 4.78 is 5.52. The van der Waals surface area contributed by atoms with Gasteiger partial charge in [-0.2, -0.15) is 0 Å². The van der Waals surface area contributed by atoms with E-state index in [0.717, 1.165) is 26.3 Å². The number of halogens is 1. The Hall–Kier alpha value is 0.210. The van der Waals surface area contributed by atoms with Gasteiger partial charge in [-0.05, 0) is 31.2 Å². The minimum atomic E-state index is 0.387. The molecule has 0 aromatic rings. The molecule has 1 fully saturated rings. The van der Waals surface area contributed by atoms with Crippen molar-refractivity contribution in [2.24, 2.45) is 11.8 Å². The second kappa shape index (κ2) is 8.32. The average molecular weight is 248 g/mol. The molecule has 2 atom stereocenters. The normalized spacial score (nSPS) is 26.2. The predicted molar refractivity (Wildman–Crippen MR) is 70.1 cm³/mol. The van der Waals surface area contributed by atoms with E-state index in [-0.39, 0.29) is 0 Å². The van der Waals surface area contributed by atoms with Crippen LogP contribution in [-0.2, 0) is 4.74 Å². The van der Waals surface area contributed by atoms with Crippen LogP contribution in [0.5, 0.6) is 0 Å². The first-order valence-electron chi connectivity index (χ1n) is 6.62. The summed E-state index contributed by atoms with van der Waals surface area (Å²) in [7, 11) is 0. The van der Waals surface area contributed by atoms with Crippen LogP contribution in [0.3, 0.4) is 0 Å². The highest BCUT2D eigenvalue weighted by atomic mass is 35.5. The lowest BCUT2D eigenvalue weighted by molar-refractivity contribution is 0.111. The Labute approximate surface area is 105 Å². The van der Waals surface area contributed by atoms with Crippen LogP contribution in [0.4, 0.5) is 0 Å². The highest BCUT2D eigenvalue weighted by Gasteiger charge is 2.22. The van der Waals surface area contributed by atoms with Gasteiger partial charge < -0.3 is 10.1 Å². The van der Waals surface area contributed by atoms with Crippen molar-refractivity contribution < 1.29 is 4.74 Å². The van der Waals surface area contributed by atoms with Gasteiger partial charge in [-0.15, -0.1) is 11.6 Å². The highest BCUT2D eigenvalue weighted by molar-refractivity contribution is 6.20. The van der Waals surface area contributed by atoms with E-state index >= 15 is 0 Å². The molecule has 0 aliphatic heterocycles. The van der Waals surface area contributed by atoms with Crippen molar-refractivity contribution >= 4 is 11.6 Å². The maximum Gasteiger partial charge on any atom is 0.0591 e. The second-order valence-corrected chi connectivity index (χ2v) is 5.79. The van der Waals surface area contributed by atoms with Crippen LogP contribution in [0.25, 0.3) is 0 Å². The van der Waals surface area contributed by atoms with Crippen molar-refractivity contribution in [2.75, 3.05) is 26.3 Å². The lowest BCUT2D eigenvalue weighted by Crippen LogP contribution is -2.33. The summed E-state index contributed by atoms with van der Waals surface area (Å²) in [5, 5.41) is 3.84. The number of ether oxygens (including phenoxy) is 1. The number of rotatable bonds is 7. The molecular weight excluding hydrogens is 222 g/mol. The summed E-state index contributed by atoms with van der Waals surface area (Å²) in [6, 6.07) is 0. The molecule has 0 heterocycles.